The zero-order valence-electron chi connectivity index (χ0n) is 20.3. The predicted octanol–water partition coefficient (Wildman–Crippen LogP) is 3.86. The van der Waals surface area contributed by atoms with Crippen molar-refractivity contribution >= 4 is 5.97 Å². The minimum atomic E-state index is -0.433. The van der Waals surface area contributed by atoms with E-state index in [9.17, 15) is 9.90 Å². The number of phenolic OH excluding ortho intramolecular Hbond substituents is 1. The zero-order valence-corrected chi connectivity index (χ0v) is 20.3. The van der Waals surface area contributed by atoms with Crippen LogP contribution in [0.4, 0.5) is 0 Å². The smallest absolute Gasteiger partial charge is 0.306 e. The molecule has 7 nitrogen and oxygen atoms in total. The van der Waals surface area contributed by atoms with Gasteiger partial charge in [-0.2, -0.15) is 0 Å². The second kappa shape index (κ2) is 9.67. The molecule has 2 aliphatic heterocycles. The molecule has 2 saturated heterocycles. The van der Waals surface area contributed by atoms with Gasteiger partial charge in [0.05, 0.1) is 37.9 Å². The first-order chi connectivity index (χ1) is 14.9. The number of carbonyl (C=O) groups excluding carboxylic acids is 1. The highest BCUT2D eigenvalue weighted by Crippen LogP contribution is 2.42. The molecule has 1 spiro atoms. The van der Waals surface area contributed by atoms with Crippen LogP contribution < -0.4 is 0 Å². The molecule has 1 aromatic carbocycles. The summed E-state index contributed by atoms with van der Waals surface area (Å²) in [5.41, 5.74) is 1.71. The minimum Gasteiger partial charge on any atom is -0.507 e. The van der Waals surface area contributed by atoms with Crippen molar-refractivity contribution < 1.29 is 33.6 Å². The second-order valence-electron chi connectivity index (χ2n) is 10.9. The lowest BCUT2D eigenvalue weighted by molar-refractivity contribution is -0.299. The van der Waals surface area contributed by atoms with Crippen LogP contribution >= 0.6 is 0 Å². The van der Waals surface area contributed by atoms with E-state index in [4.69, 9.17) is 23.7 Å². The molecule has 2 fully saturated rings. The van der Waals surface area contributed by atoms with Crippen molar-refractivity contribution in [3.8, 4) is 5.75 Å². The highest BCUT2D eigenvalue weighted by Gasteiger charge is 2.52. The van der Waals surface area contributed by atoms with Gasteiger partial charge in [-0.1, -0.05) is 46.8 Å². The SMILES string of the molecule is Cc1cc(CCC(=O)OCC(C)(C)C2OCOCC23COCOC3)cc(C(C)(C)C)c1O. The average molecular weight is 451 g/mol. The Balaban J connectivity index is 1.59. The van der Waals surface area contributed by atoms with Crippen LogP contribution in [-0.4, -0.2) is 57.2 Å². The summed E-state index contributed by atoms with van der Waals surface area (Å²) < 4.78 is 28.3. The number of aryl methyl sites for hydroxylation is 2. The third-order valence-corrected chi connectivity index (χ3v) is 6.31. The first kappa shape index (κ1) is 25.0. The van der Waals surface area contributed by atoms with Crippen molar-refractivity contribution in [2.45, 2.75) is 65.9 Å². The van der Waals surface area contributed by atoms with Gasteiger partial charge < -0.3 is 28.8 Å². The first-order valence-electron chi connectivity index (χ1n) is 11.3. The number of benzene rings is 1. The molecule has 0 amide bonds. The lowest BCUT2D eigenvalue weighted by Gasteiger charge is -2.50. The largest absolute Gasteiger partial charge is 0.507 e. The van der Waals surface area contributed by atoms with Gasteiger partial charge in [-0.05, 0) is 35.4 Å². The molecule has 2 heterocycles. The quantitative estimate of drug-likeness (QED) is 0.659. The Kier molecular flexibility index (Phi) is 7.55. The number of hydrogen-bond acceptors (Lipinski definition) is 7. The lowest BCUT2D eigenvalue weighted by Crippen LogP contribution is -2.60. The Labute approximate surface area is 191 Å². The third kappa shape index (κ3) is 5.63. The number of rotatable bonds is 6. The number of esters is 1. The van der Waals surface area contributed by atoms with Crippen molar-refractivity contribution in [1.82, 2.24) is 0 Å². The van der Waals surface area contributed by atoms with Crippen molar-refractivity contribution in [2.24, 2.45) is 10.8 Å². The molecule has 7 heteroatoms. The summed E-state index contributed by atoms with van der Waals surface area (Å²) in [7, 11) is 0. The first-order valence-corrected chi connectivity index (χ1v) is 11.3. The van der Waals surface area contributed by atoms with Crippen LogP contribution in [-0.2, 0) is 40.3 Å². The Hall–Kier alpha value is -1.67. The van der Waals surface area contributed by atoms with Crippen LogP contribution in [0.5, 0.6) is 5.75 Å². The number of phenols is 1. The highest BCUT2D eigenvalue weighted by molar-refractivity contribution is 5.69. The maximum atomic E-state index is 12.6. The van der Waals surface area contributed by atoms with Crippen LogP contribution in [0.1, 0.15) is 57.7 Å². The number of aromatic hydroxyl groups is 1. The zero-order chi connectivity index (χ0) is 23.6. The second-order valence-corrected chi connectivity index (χ2v) is 10.9. The Morgan fingerprint density at radius 3 is 2.34 bits per heavy atom. The molecule has 1 N–H and O–H groups in total. The van der Waals surface area contributed by atoms with E-state index in [1.165, 1.54) is 0 Å². The maximum Gasteiger partial charge on any atom is 0.306 e. The van der Waals surface area contributed by atoms with Gasteiger partial charge in [0.1, 0.15) is 19.3 Å². The number of hydrogen-bond donors (Lipinski definition) is 1. The normalized spacial score (nSPS) is 21.5. The molecular weight excluding hydrogens is 412 g/mol. The molecule has 32 heavy (non-hydrogen) atoms. The van der Waals surface area contributed by atoms with E-state index in [0.717, 1.165) is 16.7 Å². The molecule has 1 unspecified atom stereocenters. The van der Waals surface area contributed by atoms with Gasteiger partial charge in [-0.25, -0.2) is 0 Å². The molecule has 0 aromatic heterocycles. The fraction of sp³-hybridized carbons (Fsp3) is 0.720. The minimum absolute atomic E-state index is 0.179. The van der Waals surface area contributed by atoms with Crippen molar-refractivity contribution in [3.63, 3.8) is 0 Å². The highest BCUT2D eigenvalue weighted by atomic mass is 16.7. The van der Waals surface area contributed by atoms with E-state index in [-0.39, 0.29) is 44.1 Å². The topological polar surface area (TPSA) is 83.5 Å². The summed E-state index contributed by atoms with van der Waals surface area (Å²) in [5.74, 6) is 0.0741. The Morgan fingerprint density at radius 1 is 1.09 bits per heavy atom. The predicted molar refractivity (Wildman–Crippen MR) is 120 cm³/mol. The van der Waals surface area contributed by atoms with Crippen molar-refractivity contribution in [1.29, 1.82) is 0 Å². The molecule has 0 radical (unpaired) electrons. The molecule has 0 bridgehead atoms. The molecule has 1 aromatic rings. The van der Waals surface area contributed by atoms with Gasteiger partial charge in [0.15, 0.2) is 0 Å². The van der Waals surface area contributed by atoms with Crippen LogP contribution in [0.15, 0.2) is 12.1 Å². The fourth-order valence-electron chi connectivity index (χ4n) is 4.72. The molecule has 180 valence electrons. The molecule has 2 aliphatic rings. The Bertz CT molecular complexity index is 795. The molecule has 0 aliphatic carbocycles. The van der Waals surface area contributed by atoms with Crippen LogP contribution in [0, 0.1) is 17.8 Å². The van der Waals surface area contributed by atoms with E-state index in [0.29, 0.717) is 32.0 Å². The van der Waals surface area contributed by atoms with Crippen molar-refractivity contribution in [3.05, 3.63) is 28.8 Å². The summed E-state index contributed by atoms with van der Waals surface area (Å²) in [5, 5.41) is 10.4. The van der Waals surface area contributed by atoms with Gasteiger partial charge >= 0.3 is 5.97 Å². The Morgan fingerprint density at radius 2 is 1.72 bits per heavy atom. The van der Waals surface area contributed by atoms with Crippen LogP contribution in [0.3, 0.4) is 0 Å². The molecular formula is C25H38O7. The van der Waals surface area contributed by atoms with Gasteiger partial charge in [0.25, 0.3) is 0 Å². The number of carbonyl (C=O) groups is 1. The molecule has 3 rings (SSSR count). The monoisotopic (exact) mass is 450 g/mol. The van der Waals surface area contributed by atoms with Gasteiger partial charge in [-0.15, -0.1) is 0 Å². The molecule has 0 saturated carbocycles. The van der Waals surface area contributed by atoms with Crippen LogP contribution in [0.2, 0.25) is 0 Å². The number of ether oxygens (including phenoxy) is 5. The standard InChI is InChI=1S/C25H38O7/c1-17-9-18(10-19(21(17)27)23(2,3)4)7-8-20(26)31-11-24(5,6)22-25(14-30-16-32-22)12-28-15-29-13-25/h9-10,22,27H,7-8,11-16H2,1-6H3. The lowest BCUT2D eigenvalue weighted by atomic mass is 9.70. The summed E-state index contributed by atoms with van der Waals surface area (Å²) in [6.07, 6.45) is 0.615. The summed E-state index contributed by atoms with van der Waals surface area (Å²) in [6, 6.07) is 3.92. The van der Waals surface area contributed by atoms with E-state index < -0.39 is 10.8 Å². The van der Waals surface area contributed by atoms with Crippen LogP contribution in [0.25, 0.3) is 0 Å². The van der Waals surface area contributed by atoms with Gasteiger partial charge in [0, 0.05) is 11.8 Å². The summed E-state index contributed by atoms with van der Waals surface area (Å²) in [4.78, 5) is 12.6. The van der Waals surface area contributed by atoms with Gasteiger partial charge in [-0.3, -0.25) is 4.79 Å². The summed E-state index contributed by atoms with van der Waals surface area (Å²) in [6.45, 7) is 14.3. The van der Waals surface area contributed by atoms with E-state index in [1.807, 2.05) is 32.9 Å². The van der Waals surface area contributed by atoms with E-state index in [2.05, 4.69) is 20.8 Å². The maximum absolute atomic E-state index is 12.6. The van der Waals surface area contributed by atoms with Crippen molar-refractivity contribution in [2.75, 3.05) is 40.0 Å². The van der Waals surface area contributed by atoms with E-state index >= 15 is 0 Å². The summed E-state index contributed by atoms with van der Waals surface area (Å²) >= 11 is 0. The fourth-order valence-corrected chi connectivity index (χ4v) is 4.72. The van der Waals surface area contributed by atoms with Gasteiger partial charge in [0.2, 0.25) is 0 Å². The molecule has 1 atom stereocenters. The van der Waals surface area contributed by atoms with E-state index in [1.54, 1.807) is 0 Å². The third-order valence-electron chi connectivity index (χ3n) is 6.31. The average Bonchev–Trinajstić information content (AvgIpc) is 2.73.